The Morgan fingerprint density at radius 2 is 2.05 bits per heavy atom. The number of carbonyl (C=O) groups is 1. The summed E-state index contributed by atoms with van der Waals surface area (Å²) in [6.45, 7) is 0.499. The van der Waals surface area contributed by atoms with Crippen molar-refractivity contribution >= 4 is 27.6 Å². The van der Waals surface area contributed by atoms with Gasteiger partial charge in [-0.25, -0.2) is 8.42 Å². The zero-order valence-corrected chi connectivity index (χ0v) is 13.5. The van der Waals surface area contributed by atoms with Crippen molar-refractivity contribution < 1.29 is 17.9 Å². The molecule has 1 fully saturated rings. The van der Waals surface area contributed by atoms with Gasteiger partial charge in [0.05, 0.1) is 28.5 Å². The van der Waals surface area contributed by atoms with Gasteiger partial charge in [-0.05, 0) is 31.0 Å². The number of esters is 1. The van der Waals surface area contributed by atoms with Crippen LogP contribution in [-0.2, 0) is 19.6 Å². The molecule has 1 aliphatic rings. The van der Waals surface area contributed by atoms with E-state index < -0.39 is 10.0 Å². The van der Waals surface area contributed by atoms with E-state index in [2.05, 4.69) is 4.74 Å². The predicted molar refractivity (Wildman–Crippen MR) is 79.7 cm³/mol. The van der Waals surface area contributed by atoms with Crippen molar-refractivity contribution in [1.82, 2.24) is 4.31 Å². The number of nitriles is 1. The van der Waals surface area contributed by atoms with Crippen LogP contribution >= 0.6 is 11.6 Å². The lowest BCUT2D eigenvalue weighted by atomic mass is 9.99. The molecule has 0 amide bonds. The summed E-state index contributed by atoms with van der Waals surface area (Å²) in [5.41, 5.74) is 0.227. The van der Waals surface area contributed by atoms with E-state index in [0.717, 1.165) is 0 Å². The van der Waals surface area contributed by atoms with E-state index in [9.17, 15) is 13.2 Å². The Bertz CT molecular complexity index is 719. The topological polar surface area (TPSA) is 87.5 Å². The Morgan fingerprint density at radius 3 is 2.55 bits per heavy atom. The highest BCUT2D eigenvalue weighted by Crippen LogP contribution is 2.27. The van der Waals surface area contributed by atoms with E-state index in [0.29, 0.717) is 12.8 Å². The van der Waals surface area contributed by atoms with Gasteiger partial charge in [0.25, 0.3) is 0 Å². The third-order valence-electron chi connectivity index (χ3n) is 3.69. The van der Waals surface area contributed by atoms with Gasteiger partial charge < -0.3 is 4.74 Å². The molecule has 2 rings (SSSR count). The average molecular weight is 343 g/mol. The molecule has 1 aromatic rings. The second-order valence-corrected chi connectivity index (χ2v) is 7.30. The lowest BCUT2D eigenvalue weighted by Gasteiger charge is -2.29. The first-order valence-electron chi connectivity index (χ1n) is 6.67. The number of nitrogens with zero attached hydrogens (tertiary/aromatic N) is 2. The molecule has 1 aromatic carbocycles. The monoisotopic (exact) mass is 342 g/mol. The van der Waals surface area contributed by atoms with Crippen LogP contribution in [0.5, 0.6) is 0 Å². The van der Waals surface area contributed by atoms with Crippen LogP contribution in [0, 0.1) is 17.2 Å². The molecule has 1 aliphatic heterocycles. The molecule has 0 atom stereocenters. The van der Waals surface area contributed by atoms with Gasteiger partial charge in [-0.15, -0.1) is 0 Å². The van der Waals surface area contributed by atoms with E-state index in [1.165, 1.54) is 29.6 Å². The summed E-state index contributed by atoms with van der Waals surface area (Å²) in [4.78, 5) is 11.5. The second kappa shape index (κ2) is 6.65. The van der Waals surface area contributed by atoms with Crippen molar-refractivity contribution in [3.05, 3.63) is 28.8 Å². The number of carbonyl (C=O) groups excluding carboxylic acids is 1. The molecule has 0 spiro atoms. The van der Waals surface area contributed by atoms with Gasteiger partial charge in [0.15, 0.2) is 0 Å². The predicted octanol–water partition coefficient (Wildman–Crippen LogP) is 1.79. The minimum atomic E-state index is -3.68. The van der Waals surface area contributed by atoms with Crippen molar-refractivity contribution in [3.8, 4) is 6.07 Å². The Kier molecular flexibility index (Phi) is 5.06. The fourth-order valence-corrected chi connectivity index (χ4v) is 4.18. The molecule has 1 heterocycles. The van der Waals surface area contributed by atoms with E-state index in [-0.39, 0.29) is 40.5 Å². The molecular formula is C14H15ClN2O4S. The number of ether oxygens (including phenoxy) is 1. The van der Waals surface area contributed by atoms with Gasteiger partial charge in [-0.3, -0.25) is 4.79 Å². The van der Waals surface area contributed by atoms with E-state index >= 15 is 0 Å². The molecule has 0 aromatic heterocycles. The molecular weight excluding hydrogens is 328 g/mol. The van der Waals surface area contributed by atoms with Crippen LogP contribution in [-0.4, -0.2) is 38.9 Å². The molecule has 6 nitrogen and oxygen atoms in total. The largest absolute Gasteiger partial charge is 0.469 e. The molecule has 1 saturated heterocycles. The van der Waals surface area contributed by atoms with Gasteiger partial charge in [-0.2, -0.15) is 9.57 Å². The number of hydrogen-bond donors (Lipinski definition) is 0. The maximum Gasteiger partial charge on any atom is 0.308 e. The fourth-order valence-electron chi connectivity index (χ4n) is 2.39. The minimum Gasteiger partial charge on any atom is -0.469 e. The maximum atomic E-state index is 12.6. The highest BCUT2D eigenvalue weighted by Gasteiger charge is 2.32. The Hall–Kier alpha value is -1.62. The number of halogens is 1. The van der Waals surface area contributed by atoms with Crippen LogP contribution in [0.4, 0.5) is 0 Å². The Balaban J connectivity index is 2.17. The number of hydrogen-bond acceptors (Lipinski definition) is 5. The molecule has 118 valence electrons. The lowest BCUT2D eigenvalue weighted by molar-refractivity contribution is -0.146. The first kappa shape index (κ1) is 16.7. The van der Waals surface area contributed by atoms with Crippen molar-refractivity contribution in [3.63, 3.8) is 0 Å². The Morgan fingerprint density at radius 1 is 1.41 bits per heavy atom. The summed E-state index contributed by atoms with van der Waals surface area (Å²) in [6.07, 6.45) is 0.853. The molecule has 0 N–H and O–H groups in total. The zero-order valence-electron chi connectivity index (χ0n) is 12.0. The van der Waals surface area contributed by atoms with Gasteiger partial charge in [-0.1, -0.05) is 11.6 Å². The average Bonchev–Trinajstić information content (AvgIpc) is 2.54. The molecule has 0 radical (unpaired) electrons. The van der Waals surface area contributed by atoms with Crippen molar-refractivity contribution in [1.29, 1.82) is 5.26 Å². The summed E-state index contributed by atoms with van der Waals surface area (Å²) in [5.74, 6) is -0.570. The summed E-state index contributed by atoms with van der Waals surface area (Å²) in [6, 6.07) is 5.92. The van der Waals surface area contributed by atoms with E-state index in [4.69, 9.17) is 16.9 Å². The number of piperidine rings is 1. The third-order valence-corrected chi connectivity index (χ3v) is 5.89. The summed E-state index contributed by atoms with van der Waals surface area (Å²) in [7, 11) is -2.35. The quantitative estimate of drug-likeness (QED) is 0.781. The molecule has 0 unspecified atom stereocenters. The van der Waals surface area contributed by atoms with Crippen LogP contribution in [0.15, 0.2) is 23.1 Å². The first-order chi connectivity index (χ1) is 10.4. The van der Waals surface area contributed by atoms with Gasteiger partial charge in [0, 0.05) is 13.1 Å². The molecule has 0 saturated carbocycles. The summed E-state index contributed by atoms with van der Waals surface area (Å²) < 4.78 is 31.1. The Labute approximate surface area is 134 Å². The number of methoxy groups -OCH3 is 1. The summed E-state index contributed by atoms with van der Waals surface area (Å²) >= 11 is 5.89. The minimum absolute atomic E-state index is 0.0491. The fraction of sp³-hybridized carbons (Fsp3) is 0.429. The van der Waals surface area contributed by atoms with Gasteiger partial charge in [0.1, 0.15) is 6.07 Å². The second-order valence-electron chi connectivity index (χ2n) is 4.95. The van der Waals surface area contributed by atoms with Gasteiger partial charge >= 0.3 is 5.97 Å². The highest BCUT2D eigenvalue weighted by molar-refractivity contribution is 7.89. The van der Waals surface area contributed by atoms with Crippen LogP contribution in [0.2, 0.25) is 5.02 Å². The van der Waals surface area contributed by atoms with Crippen LogP contribution < -0.4 is 0 Å². The molecule has 0 aliphatic carbocycles. The van der Waals surface area contributed by atoms with Crippen LogP contribution in [0.3, 0.4) is 0 Å². The van der Waals surface area contributed by atoms with Crippen LogP contribution in [0.25, 0.3) is 0 Å². The first-order valence-corrected chi connectivity index (χ1v) is 8.49. The SMILES string of the molecule is COC(=O)C1CCN(S(=O)(=O)c2ccc(C#N)c(Cl)c2)CC1. The van der Waals surface area contributed by atoms with Crippen molar-refractivity contribution in [2.24, 2.45) is 5.92 Å². The van der Waals surface area contributed by atoms with Crippen LogP contribution in [0.1, 0.15) is 18.4 Å². The standard InChI is InChI=1S/C14H15ClN2O4S/c1-21-14(18)10-4-6-17(7-5-10)22(19,20)12-3-2-11(9-16)13(15)8-12/h2-3,8,10H,4-7H2,1H3. The molecule has 8 heteroatoms. The van der Waals surface area contributed by atoms with Gasteiger partial charge in [0.2, 0.25) is 10.0 Å². The van der Waals surface area contributed by atoms with Crippen molar-refractivity contribution in [2.75, 3.05) is 20.2 Å². The number of sulfonamides is 1. The molecule has 0 bridgehead atoms. The summed E-state index contributed by atoms with van der Waals surface area (Å²) in [5, 5.41) is 8.93. The highest BCUT2D eigenvalue weighted by atomic mass is 35.5. The maximum absolute atomic E-state index is 12.6. The normalized spacial score (nSPS) is 17.0. The third kappa shape index (κ3) is 3.24. The molecule has 22 heavy (non-hydrogen) atoms. The van der Waals surface area contributed by atoms with E-state index in [1.807, 2.05) is 6.07 Å². The number of benzene rings is 1. The number of rotatable bonds is 3. The lowest BCUT2D eigenvalue weighted by Crippen LogP contribution is -2.40. The zero-order chi connectivity index (χ0) is 16.3. The van der Waals surface area contributed by atoms with E-state index in [1.54, 1.807) is 0 Å². The van der Waals surface area contributed by atoms with Crippen molar-refractivity contribution in [2.45, 2.75) is 17.7 Å². The smallest absolute Gasteiger partial charge is 0.308 e.